The summed E-state index contributed by atoms with van der Waals surface area (Å²) in [5.74, 6) is 0. The average molecular weight is 305 g/mol. The third-order valence-corrected chi connectivity index (χ3v) is 2.69. The minimum absolute atomic E-state index is 0.469. The van der Waals surface area contributed by atoms with Gasteiger partial charge >= 0.3 is 6.18 Å². The van der Waals surface area contributed by atoms with Gasteiger partial charge in [0.15, 0.2) is 0 Å². The molecule has 1 rings (SSSR count). The van der Waals surface area contributed by atoms with Gasteiger partial charge in [-0.05, 0) is 15.9 Å². The number of pyridine rings is 1. The van der Waals surface area contributed by atoms with E-state index in [2.05, 4.69) is 20.9 Å². The summed E-state index contributed by atoms with van der Waals surface area (Å²) in [6.07, 6.45) is -7.12. The molecule has 0 unspecified atom stereocenters. The van der Waals surface area contributed by atoms with Crippen LogP contribution in [-0.2, 0) is 12.7 Å². The Kier molecular flexibility index (Phi) is 3.84. The highest BCUT2D eigenvalue weighted by molar-refractivity contribution is 9.10. The van der Waals surface area contributed by atoms with Crippen LogP contribution in [0.25, 0.3) is 0 Å². The summed E-state index contributed by atoms with van der Waals surface area (Å²) in [4.78, 5) is 3.29. The quantitative estimate of drug-likeness (QED) is 0.852. The zero-order valence-corrected chi connectivity index (χ0v) is 9.24. The first-order chi connectivity index (χ1) is 7.29. The van der Waals surface area contributed by atoms with E-state index in [1.54, 1.807) is 0 Å². The smallest absolute Gasteiger partial charge is 0.325 e. The van der Waals surface area contributed by atoms with Crippen molar-refractivity contribution in [2.75, 3.05) is 0 Å². The normalized spacial score (nSPS) is 12.2. The molecule has 0 bridgehead atoms. The summed E-state index contributed by atoms with van der Waals surface area (Å²) >= 11 is 2.51. The van der Waals surface area contributed by atoms with Gasteiger partial charge in [-0.15, -0.1) is 0 Å². The molecule has 1 aromatic heterocycles. The van der Waals surface area contributed by atoms with Crippen LogP contribution in [0.15, 0.2) is 10.7 Å². The van der Waals surface area contributed by atoms with Gasteiger partial charge in [-0.2, -0.15) is 13.2 Å². The van der Waals surface area contributed by atoms with Crippen molar-refractivity contribution in [3.63, 3.8) is 0 Å². The highest BCUT2D eigenvalue weighted by atomic mass is 79.9. The molecule has 0 aliphatic heterocycles. The highest BCUT2D eigenvalue weighted by Gasteiger charge is 2.38. The number of alkyl halides is 5. The first kappa shape index (κ1) is 13.3. The third kappa shape index (κ3) is 2.49. The lowest BCUT2D eigenvalue weighted by Gasteiger charge is -2.15. The monoisotopic (exact) mass is 304 g/mol. The number of nitrogens with two attached hydrogens (primary N) is 1. The molecule has 0 saturated carbocycles. The lowest BCUT2D eigenvalue weighted by Crippen LogP contribution is -2.16. The Labute approximate surface area is 95.8 Å². The van der Waals surface area contributed by atoms with Crippen LogP contribution in [0.3, 0.4) is 0 Å². The Hall–Kier alpha value is -0.760. The first-order valence-electron chi connectivity index (χ1n) is 4.01. The molecule has 0 fully saturated rings. The Balaban J connectivity index is 3.47. The van der Waals surface area contributed by atoms with Crippen LogP contribution in [-0.4, -0.2) is 4.98 Å². The van der Waals surface area contributed by atoms with E-state index >= 15 is 0 Å². The van der Waals surface area contributed by atoms with Crippen molar-refractivity contribution in [3.05, 3.63) is 27.5 Å². The maximum absolute atomic E-state index is 12.6. The maximum atomic E-state index is 12.6. The molecule has 0 atom stereocenters. The lowest BCUT2D eigenvalue weighted by molar-refractivity contribution is -0.139. The second-order valence-electron chi connectivity index (χ2n) is 2.85. The minimum atomic E-state index is -4.77. The van der Waals surface area contributed by atoms with E-state index in [-0.39, 0.29) is 0 Å². The van der Waals surface area contributed by atoms with E-state index in [1.807, 2.05) is 0 Å². The van der Waals surface area contributed by atoms with Crippen molar-refractivity contribution in [2.45, 2.75) is 19.1 Å². The molecule has 0 aliphatic rings. The molecule has 8 heteroatoms. The van der Waals surface area contributed by atoms with Crippen LogP contribution in [0.2, 0.25) is 0 Å². The van der Waals surface area contributed by atoms with Gasteiger partial charge in [-0.25, -0.2) is 8.78 Å². The molecule has 0 amide bonds. The molecule has 1 aromatic rings. The van der Waals surface area contributed by atoms with Crippen molar-refractivity contribution in [2.24, 2.45) is 5.73 Å². The lowest BCUT2D eigenvalue weighted by atomic mass is 10.1. The predicted molar refractivity (Wildman–Crippen MR) is 49.8 cm³/mol. The number of halogens is 6. The highest BCUT2D eigenvalue weighted by Crippen LogP contribution is 2.40. The Bertz CT molecular complexity index is 391. The van der Waals surface area contributed by atoms with Crippen molar-refractivity contribution in [1.82, 2.24) is 4.98 Å². The number of rotatable bonds is 2. The predicted octanol–water partition coefficient (Wildman–Crippen LogP) is 3.26. The van der Waals surface area contributed by atoms with Crippen LogP contribution >= 0.6 is 15.9 Å². The van der Waals surface area contributed by atoms with Crippen molar-refractivity contribution in [3.8, 4) is 0 Å². The molecule has 0 saturated heterocycles. The second kappa shape index (κ2) is 4.62. The Morgan fingerprint density at radius 2 is 1.94 bits per heavy atom. The van der Waals surface area contributed by atoms with Crippen molar-refractivity contribution in [1.29, 1.82) is 0 Å². The fraction of sp³-hybridized carbons (Fsp3) is 0.375. The number of nitrogens with zero attached hydrogens (tertiary/aromatic N) is 1. The number of hydrogen-bond acceptors (Lipinski definition) is 2. The van der Waals surface area contributed by atoms with Gasteiger partial charge in [-0.3, -0.25) is 4.98 Å². The average Bonchev–Trinajstić information content (AvgIpc) is 2.14. The van der Waals surface area contributed by atoms with Crippen LogP contribution in [0.4, 0.5) is 22.0 Å². The molecular formula is C8H6BrF5N2. The van der Waals surface area contributed by atoms with E-state index in [0.717, 1.165) is 0 Å². The summed E-state index contributed by atoms with van der Waals surface area (Å²) in [6.45, 7) is -0.475. The third-order valence-electron chi connectivity index (χ3n) is 1.83. The van der Waals surface area contributed by atoms with Gasteiger partial charge in [0.05, 0.1) is 16.8 Å². The molecule has 0 aromatic carbocycles. The van der Waals surface area contributed by atoms with Gasteiger partial charge in [0.2, 0.25) is 0 Å². The zero-order valence-electron chi connectivity index (χ0n) is 7.65. The van der Waals surface area contributed by atoms with Crippen LogP contribution in [0, 0.1) is 0 Å². The van der Waals surface area contributed by atoms with E-state index in [1.165, 1.54) is 0 Å². The summed E-state index contributed by atoms with van der Waals surface area (Å²) in [5.41, 5.74) is 2.56. The summed E-state index contributed by atoms with van der Waals surface area (Å²) in [7, 11) is 0. The zero-order chi connectivity index (χ0) is 12.5. The molecule has 0 spiro atoms. The topological polar surface area (TPSA) is 38.9 Å². The van der Waals surface area contributed by atoms with Crippen molar-refractivity contribution < 1.29 is 22.0 Å². The summed E-state index contributed by atoms with van der Waals surface area (Å²) in [6, 6.07) is 0. The molecule has 90 valence electrons. The molecule has 1 heterocycles. The molecule has 16 heavy (non-hydrogen) atoms. The van der Waals surface area contributed by atoms with E-state index in [4.69, 9.17) is 5.73 Å². The van der Waals surface area contributed by atoms with E-state index in [0.29, 0.717) is 6.20 Å². The number of hydrogen-bond donors (Lipinski definition) is 1. The van der Waals surface area contributed by atoms with Gasteiger partial charge in [0.1, 0.15) is 0 Å². The Morgan fingerprint density at radius 1 is 1.38 bits per heavy atom. The first-order valence-corrected chi connectivity index (χ1v) is 4.81. The fourth-order valence-electron chi connectivity index (χ4n) is 1.13. The molecular weight excluding hydrogens is 299 g/mol. The van der Waals surface area contributed by atoms with Gasteiger partial charge in [-0.1, -0.05) is 0 Å². The fourth-order valence-corrected chi connectivity index (χ4v) is 1.86. The minimum Gasteiger partial charge on any atom is -0.325 e. The summed E-state index contributed by atoms with van der Waals surface area (Å²) < 4.78 is 61.7. The van der Waals surface area contributed by atoms with Gasteiger partial charge in [0.25, 0.3) is 6.43 Å². The maximum Gasteiger partial charge on any atom is 0.419 e. The van der Waals surface area contributed by atoms with Crippen molar-refractivity contribution >= 4 is 15.9 Å². The van der Waals surface area contributed by atoms with E-state index < -0.39 is 40.4 Å². The Morgan fingerprint density at radius 3 is 2.31 bits per heavy atom. The molecule has 0 radical (unpaired) electrons. The van der Waals surface area contributed by atoms with Crippen LogP contribution < -0.4 is 5.73 Å². The largest absolute Gasteiger partial charge is 0.419 e. The summed E-state index contributed by atoms with van der Waals surface area (Å²) in [5, 5.41) is 0. The van der Waals surface area contributed by atoms with Gasteiger partial charge in [0, 0.05) is 17.2 Å². The molecule has 2 N–H and O–H groups in total. The van der Waals surface area contributed by atoms with E-state index in [9.17, 15) is 22.0 Å². The number of aromatic nitrogens is 1. The standard InChI is InChI=1S/C8H6BrF5N2/c9-6-3(7(10)11)2-16-4(1-15)5(6)8(12,13)14/h2,7H,1,15H2. The SMILES string of the molecule is NCc1ncc(C(F)F)c(Br)c1C(F)(F)F. The van der Waals surface area contributed by atoms with Gasteiger partial charge < -0.3 is 5.73 Å². The van der Waals surface area contributed by atoms with Crippen LogP contribution in [0.5, 0.6) is 0 Å². The molecule has 0 aliphatic carbocycles. The second-order valence-corrected chi connectivity index (χ2v) is 3.64. The van der Waals surface area contributed by atoms with Crippen LogP contribution in [0.1, 0.15) is 23.2 Å². The molecule has 2 nitrogen and oxygen atoms in total.